The van der Waals surface area contributed by atoms with Crippen LogP contribution in [-0.4, -0.2) is 36.5 Å². The first-order chi connectivity index (χ1) is 8.20. The minimum atomic E-state index is 0.0605. The summed E-state index contributed by atoms with van der Waals surface area (Å²) in [5.74, 6) is 2.85. The number of nitrogens with one attached hydrogen (secondary N) is 1. The average molecular weight is 236 g/mol. The van der Waals surface area contributed by atoms with Crippen molar-refractivity contribution in [1.82, 2.24) is 10.2 Å². The zero-order valence-corrected chi connectivity index (χ0v) is 11.0. The smallest absolute Gasteiger partial charge is 0.239 e. The summed E-state index contributed by atoms with van der Waals surface area (Å²) < 4.78 is 0. The van der Waals surface area contributed by atoms with Crippen molar-refractivity contribution in [3.05, 3.63) is 0 Å². The number of rotatable bonds is 2. The van der Waals surface area contributed by atoms with E-state index in [1.807, 2.05) is 7.05 Å². The molecule has 96 valence electrons. The third kappa shape index (κ3) is 1.99. The van der Waals surface area contributed by atoms with E-state index in [2.05, 4.69) is 17.1 Å². The largest absolute Gasteiger partial charge is 0.338 e. The topological polar surface area (TPSA) is 32.3 Å². The van der Waals surface area contributed by atoms with Crippen LogP contribution in [0.15, 0.2) is 0 Å². The summed E-state index contributed by atoms with van der Waals surface area (Å²) >= 11 is 0. The number of carbonyl (C=O) groups is 1. The van der Waals surface area contributed by atoms with Gasteiger partial charge in [-0.25, -0.2) is 0 Å². The van der Waals surface area contributed by atoms with Gasteiger partial charge in [0.1, 0.15) is 0 Å². The molecule has 1 amide bonds. The lowest BCUT2D eigenvalue weighted by Gasteiger charge is -2.31. The van der Waals surface area contributed by atoms with Crippen molar-refractivity contribution in [2.45, 2.75) is 51.1 Å². The van der Waals surface area contributed by atoms with Gasteiger partial charge in [0, 0.05) is 12.6 Å². The summed E-state index contributed by atoms with van der Waals surface area (Å²) in [6.07, 6.45) is 6.18. The Hall–Kier alpha value is -0.570. The van der Waals surface area contributed by atoms with Crippen LogP contribution >= 0.6 is 0 Å². The molecule has 0 aromatic rings. The predicted octanol–water partition coefficient (Wildman–Crippen LogP) is 1.63. The Morgan fingerprint density at radius 3 is 2.65 bits per heavy atom. The molecule has 0 spiro atoms. The Kier molecular flexibility index (Phi) is 2.89. The molecular weight excluding hydrogens is 212 g/mol. The fourth-order valence-electron chi connectivity index (χ4n) is 3.92. The fourth-order valence-corrected chi connectivity index (χ4v) is 3.92. The minimum absolute atomic E-state index is 0.0605. The quantitative estimate of drug-likeness (QED) is 0.790. The van der Waals surface area contributed by atoms with Gasteiger partial charge in [0.05, 0.1) is 6.04 Å². The molecule has 0 aromatic carbocycles. The molecule has 3 nitrogen and oxygen atoms in total. The Morgan fingerprint density at radius 2 is 2.06 bits per heavy atom. The Morgan fingerprint density at radius 1 is 1.24 bits per heavy atom. The summed E-state index contributed by atoms with van der Waals surface area (Å²) in [7, 11) is 1.92. The van der Waals surface area contributed by atoms with E-state index in [9.17, 15) is 4.79 Å². The van der Waals surface area contributed by atoms with Crippen molar-refractivity contribution >= 4 is 5.91 Å². The third-order valence-corrected chi connectivity index (χ3v) is 5.14. The van der Waals surface area contributed by atoms with Crippen molar-refractivity contribution in [2.75, 3.05) is 13.6 Å². The number of amides is 1. The number of hydrogen-bond acceptors (Lipinski definition) is 2. The monoisotopic (exact) mass is 236 g/mol. The van der Waals surface area contributed by atoms with E-state index in [1.54, 1.807) is 0 Å². The molecule has 3 aliphatic rings. The van der Waals surface area contributed by atoms with Gasteiger partial charge in [-0.3, -0.25) is 4.79 Å². The van der Waals surface area contributed by atoms with Crippen molar-refractivity contribution in [1.29, 1.82) is 0 Å². The molecule has 0 aromatic heterocycles. The SMILES string of the molecule is CNC1CC(C)CCN(C2CCC3CC32)C1=O. The minimum Gasteiger partial charge on any atom is -0.338 e. The van der Waals surface area contributed by atoms with E-state index in [1.165, 1.54) is 25.7 Å². The maximum atomic E-state index is 12.5. The second-order valence-electron chi connectivity index (χ2n) is 6.31. The zero-order valence-electron chi connectivity index (χ0n) is 11.0. The van der Waals surface area contributed by atoms with Crippen LogP contribution in [0.4, 0.5) is 0 Å². The van der Waals surface area contributed by atoms with Gasteiger partial charge < -0.3 is 10.2 Å². The molecule has 1 N–H and O–H groups in total. The first-order valence-corrected chi connectivity index (χ1v) is 7.18. The Balaban J connectivity index is 1.75. The van der Waals surface area contributed by atoms with Gasteiger partial charge in [0.15, 0.2) is 0 Å². The normalized spacial score (nSPS) is 45.6. The van der Waals surface area contributed by atoms with E-state index < -0.39 is 0 Å². The van der Waals surface area contributed by atoms with E-state index in [0.29, 0.717) is 17.9 Å². The number of nitrogens with zero attached hydrogens (tertiary/aromatic N) is 1. The molecule has 5 unspecified atom stereocenters. The highest BCUT2D eigenvalue weighted by Gasteiger charge is 2.51. The Bertz CT molecular complexity index is 317. The summed E-state index contributed by atoms with van der Waals surface area (Å²) in [6, 6.07) is 0.638. The molecule has 3 fully saturated rings. The van der Waals surface area contributed by atoms with Gasteiger partial charge in [0.25, 0.3) is 0 Å². The van der Waals surface area contributed by atoms with E-state index >= 15 is 0 Å². The third-order valence-electron chi connectivity index (χ3n) is 5.14. The number of hydrogen-bond donors (Lipinski definition) is 1. The van der Waals surface area contributed by atoms with Gasteiger partial charge in [-0.05, 0) is 56.9 Å². The summed E-state index contributed by atoms with van der Waals surface area (Å²) in [4.78, 5) is 14.8. The van der Waals surface area contributed by atoms with Crippen molar-refractivity contribution in [2.24, 2.45) is 17.8 Å². The second-order valence-corrected chi connectivity index (χ2v) is 6.31. The Labute approximate surface area is 104 Å². The van der Waals surface area contributed by atoms with E-state index in [0.717, 1.165) is 24.8 Å². The molecule has 1 heterocycles. The molecule has 5 atom stereocenters. The number of likely N-dealkylation sites (N-methyl/N-ethyl adjacent to an activating group) is 1. The number of likely N-dealkylation sites (tertiary alicyclic amines) is 1. The fraction of sp³-hybridized carbons (Fsp3) is 0.929. The van der Waals surface area contributed by atoms with Gasteiger partial charge in [-0.1, -0.05) is 6.92 Å². The van der Waals surface area contributed by atoms with Crippen LogP contribution in [0.5, 0.6) is 0 Å². The molecule has 17 heavy (non-hydrogen) atoms. The lowest BCUT2D eigenvalue weighted by atomic mass is 10.0. The maximum absolute atomic E-state index is 12.5. The van der Waals surface area contributed by atoms with Crippen LogP contribution < -0.4 is 5.32 Å². The van der Waals surface area contributed by atoms with Gasteiger partial charge in [-0.15, -0.1) is 0 Å². The van der Waals surface area contributed by atoms with Crippen LogP contribution in [0.1, 0.15) is 39.0 Å². The van der Waals surface area contributed by atoms with Crippen molar-refractivity contribution in [3.63, 3.8) is 0 Å². The molecule has 2 aliphatic carbocycles. The van der Waals surface area contributed by atoms with Gasteiger partial charge in [0.2, 0.25) is 5.91 Å². The average Bonchev–Trinajstić information content (AvgIpc) is 3.02. The molecule has 2 saturated carbocycles. The van der Waals surface area contributed by atoms with Crippen LogP contribution in [0.25, 0.3) is 0 Å². The molecule has 1 aliphatic heterocycles. The zero-order chi connectivity index (χ0) is 12.0. The number of fused-ring (bicyclic) bond motifs is 1. The van der Waals surface area contributed by atoms with Crippen LogP contribution in [0.2, 0.25) is 0 Å². The molecule has 0 bridgehead atoms. The molecular formula is C14H24N2O. The predicted molar refractivity (Wildman–Crippen MR) is 67.6 cm³/mol. The van der Waals surface area contributed by atoms with Crippen LogP contribution in [-0.2, 0) is 4.79 Å². The lowest BCUT2D eigenvalue weighted by molar-refractivity contribution is -0.135. The highest BCUT2D eigenvalue weighted by atomic mass is 16.2. The van der Waals surface area contributed by atoms with Crippen LogP contribution in [0.3, 0.4) is 0 Å². The highest BCUT2D eigenvalue weighted by molar-refractivity contribution is 5.82. The molecule has 3 heteroatoms. The highest BCUT2D eigenvalue weighted by Crippen LogP contribution is 2.53. The second kappa shape index (κ2) is 4.27. The summed E-state index contributed by atoms with van der Waals surface area (Å²) in [5.41, 5.74) is 0. The number of carbonyl (C=O) groups excluding carboxylic acids is 1. The lowest BCUT2D eigenvalue weighted by Crippen LogP contribution is -2.48. The van der Waals surface area contributed by atoms with E-state index in [4.69, 9.17) is 0 Å². The maximum Gasteiger partial charge on any atom is 0.239 e. The first-order valence-electron chi connectivity index (χ1n) is 7.18. The van der Waals surface area contributed by atoms with Crippen molar-refractivity contribution < 1.29 is 4.79 Å². The van der Waals surface area contributed by atoms with Gasteiger partial charge >= 0.3 is 0 Å². The van der Waals surface area contributed by atoms with Crippen molar-refractivity contribution in [3.8, 4) is 0 Å². The summed E-state index contributed by atoms with van der Waals surface area (Å²) in [5, 5.41) is 3.21. The standard InChI is InChI=1S/C14H24N2O/c1-9-5-6-16(14(17)12(7-9)15-2)13-4-3-10-8-11(10)13/h9-13,15H,3-8H2,1-2H3. The summed E-state index contributed by atoms with van der Waals surface area (Å²) in [6.45, 7) is 3.27. The van der Waals surface area contributed by atoms with Crippen LogP contribution in [0, 0.1) is 17.8 Å². The molecule has 3 rings (SSSR count). The molecule has 1 saturated heterocycles. The van der Waals surface area contributed by atoms with Gasteiger partial charge in [-0.2, -0.15) is 0 Å². The van der Waals surface area contributed by atoms with E-state index in [-0.39, 0.29) is 6.04 Å². The molecule has 0 radical (unpaired) electrons. The first kappa shape index (κ1) is 11.5.